The summed E-state index contributed by atoms with van der Waals surface area (Å²) in [7, 11) is -5.19. The third-order valence-electron chi connectivity index (χ3n) is 10.3. The van der Waals surface area contributed by atoms with E-state index in [1.54, 1.807) is 12.2 Å². The van der Waals surface area contributed by atoms with E-state index in [2.05, 4.69) is 44.2 Å². The molecule has 6 N–H and O–H groups in total. The molecule has 0 radical (unpaired) electrons. The maximum Gasteiger partial charge on any atom is 0.472 e. The average molecular weight is 899 g/mol. The fourth-order valence-electron chi connectivity index (χ4n) is 6.53. The molecule has 15 heteroatoms. The summed E-state index contributed by atoms with van der Waals surface area (Å²) in [6, 6.07) is 0. The summed E-state index contributed by atoms with van der Waals surface area (Å²) in [4.78, 5) is 48.0. The van der Waals surface area contributed by atoms with Crippen LogP contribution < -0.4 is 0 Å². The highest BCUT2D eigenvalue weighted by atomic mass is 31.2. The summed E-state index contributed by atoms with van der Waals surface area (Å²) < 4.78 is 33.3. The zero-order chi connectivity index (χ0) is 45.9. The van der Waals surface area contributed by atoms with Crippen LogP contribution in [-0.2, 0) is 37.5 Å². The summed E-state index contributed by atoms with van der Waals surface area (Å²) in [5.74, 6) is -1.57. The zero-order valence-corrected chi connectivity index (χ0v) is 38.3. The Hall–Kier alpha value is -2.78. The summed E-state index contributed by atoms with van der Waals surface area (Å²) in [6.07, 6.45) is 27.0. The number of ether oxygens (including phenoxy) is 2. The number of carbonyl (C=O) groups excluding carboxylic acids is 3. The third-order valence-corrected chi connectivity index (χ3v) is 11.3. The molecule has 1 saturated carbocycles. The van der Waals surface area contributed by atoms with E-state index < -0.39 is 75.7 Å². The summed E-state index contributed by atoms with van der Waals surface area (Å²) in [5, 5.41) is 50.1. The van der Waals surface area contributed by atoms with Crippen molar-refractivity contribution in [1.82, 2.24) is 0 Å². The van der Waals surface area contributed by atoms with Crippen LogP contribution in [-0.4, -0.2) is 104 Å². The molecule has 62 heavy (non-hydrogen) atoms. The standard InChI is InChI=1S/C47H79O14P/c1-3-5-7-9-11-13-15-17-18-20-22-24-26-28-30-34-40(49)58-36-39(37-59-62(56,57)61-47-45(54)43(52)42(51)44(53)46(47)55)60-41(50)35-31-33-38(48)32-29-27-25-23-21-19-16-14-12-10-8-6-4-2/h12,14,17-19,21,25,27,29,32,39,42-47,51-55H,3-11,13,15-16,20,22-24,26,28,30-31,33-37H2,1-2H3,(H,56,57)/b14-12-,18-17-,21-19-,27-25-,32-29+/t39-,42?,43-,44+,45-,46-,47?/m1/s1. The lowest BCUT2D eigenvalue weighted by Gasteiger charge is -2.41. The van der Waals surface area contributed by atoms with Gasteiger partial charge in [-0.2, -0.15) is 0 Å². The van der Waals surface area contributed by atoms with Crippen LogP contribution in [0.5, 0.6) is 0 Å². The highest BCUT2D eigenvalue weighted by Gasteiger charge is 2.51. The molecular weight excluding hydrogens is 819 g/mol. The van der Waals surface area contributed by atoms with Crippen molar-refractivity contribution in [1.29, 1.82) is 0 Å². The average Bonchev–Trinajstić information content (AvgIpc) is 3.25. The van der Waals surface area contributed by atoms with E-state index in [4.69, 9.17) is 18.5 Å². The Labute approximate surface area is 370 Å². The number of aliphatic hydroxyl groups is 5. The van der Waals surface area contributed by atoms with Crippen LogP contribution in [0, 0.1) is 0 Å². The molecule has 0 amide bonds. The van der Waals surface area contributed by atoms with Gasteiger partial charge in [0.15, 0.2) is 11.9 Å². The lowest BCUT2D eigenvalue weighted by molar-refractivity contribution is -0.220. The van der Waals surface area contributed by atoms with E-state index in [0.717, 1.165) is 57.8 Å². The molecule has 0 bridgehead atoms. The van der Waals surface area contributed by atoms with Crippen LogP contribution in [0.25, 0.3) is 0 Å². The van der Waals surface area contributed by atoms with E-state index in [0.29, 0.717) is 6.42 Å². The van der Waals surface area contributed by atoms with Gasteiger partial charge in [-0.1, -0.05) is 133 Å². The normalized spacial score (nSPS) is 22.3. The molecule has 1 fully saturated rings. The largest absolute Gasteiger partial charge is 0.472 e. The first-order chi connectivity index (χ1) is 29.8. The molecule has 356 valence electrons. The second-order valence-electron chi connectivity index (χ2n) is 15.9. The number of carbonyl (C=O) groups is 3. The van der Waals surface area contributed by atoms with Crippen molar-refractivity contribution in [2.75, 3.05) is 13.2 Å². The molecule has 0 spiro atoms. The fraction of sp³-hybridized carbons (Fsp3) is 0.723. The highest BCUT2D eigenvalue weighted by molar-refractivity contribution is 7.47. The second-order valence-corrected chi connectivity index (χ2v) is 17.3. The van der Waals surface area contributed by atoms with Gasteiger partial charge in [0.05, 0.1) is 6.61 Å². The van der Waals surface area contributed by atoms with Crippen molar-refractivity contribution in [3.8, 4) is 0 Å². The number of phosphoric acid groups is 1. The van der Waals surface area contributed by atoms with Gasteiger partial charge >= 0.3 is 19.8 Å². The minimum Gasteiger partial charge on any atom is -0.462 e. The Morgan fingerprint density at radius 2 is 1.03 bits per heavy atom. The Morgan fingerprint density at radius 3 is 1.66 bits per heavy atom. The van der Waals surface area contributed by atoms with Crippen LogP contribution in [0.15, 0.2) is 60.8 Å². The van der Waals surface area contributed by atoms with E-state index >= 15 is 0 Å². The topological polar surface area (TPSA) is 227 Å². The monoisotopic (exact) mass is 899 g/mol. The predicted octanol–water partition coefficient (Wildman–Crippen LogP) is 8.12. The van der Waals surface area contributed by atoms with Gasteiger partial charge in [-0.05, 0) is 70.3 Å². The molecule has 0 heterocycles. The van der Waals surface area contributed by atoms with Crippen molar-refractivity contribution < 1.29 is 67.9 Å². The van der Waals surface area contributed by atoms with Crippen molar-refractivity contribution >= 4 is 25.5 Å². The van der Waals surface area contributed by atoms with Crippen molar-refractivity contribution in [3.63, 3.8) is 0 Å². The second kappa shape index (κ2) is 36.5. The maximum absolute atomic E-state index is 12.8. The number of unbranched alkanes of at least 4 members (excludes halogenated alkanes) is 14. The first-order valence-electron chi connectivity index (χ1n) is 23.0. The smallest absolute Gasteiger partial charge is 0.462 e. The quantitative estimate of drug-likeness (QED) is 0.00865. The molecule has 3 unspecified atom stereocenters. The van der Waals surface area contributed by atoms with E-state index in [-0.39, 0.29) is 31.5 Å². The Kier molecular flexibility index (Phi) is 33.7. The molecule has 8 atom stereocenters. The highest BCUT2D eigenvalue weighted by Crippen LogP contribution is 2.47. The Morgan fingerprint density at radius 1 is 0.548 bits per heavy atom. The van der Waals surface area contributed by atoms with Crippen LogP contribution in [0.4, 0.5) is 0 Å². The van der Waals surface area contributed by atoms with Gasteiger partial charge < -0.3 is 39.9 Å². The number of aliphatic hydroxyl groups excluding tert-OH is 5. The maximum atomic E-state index is 12.8. The minimum atomic E-state index is -5.19. The molecule has 1 rings (SSSR count). The van der Waals surface area contributed by atoms with Gasteiger partial charge in [0.2, 0.25) is 0 Å². The van der Waals surface area contributed by atoms with Gasteiger partial charge in [0.1, 0.15) is 43.2 Å². The first-order valence-corrected chi connectivity index (χ1v) is 24.5. The number of phosphoric ester groups is 1. The third kappa shape index (κ3) is 28.8. The zero-order valence-electron chi connectivity index (χ0n) is 37.4. The number of esters is 2. The van der Waals surface area contributed by atoms with Gasteiger partial charge in [-0.15, -0.1) is 0 Å². The molecule has 0 aliphatic heterocycles. The molecule has 1 aliphatic carbocycles. The summed E-state index contributed by atoms with van der Waals surface area (Å²) >= 11 is 0. The lowest BCUT2D eigenvalue weighted by Crippen LogP contribution is -2.64. The van der Waals surface area contributed by atoms with Gasteiger partial charge in [-0.3, -0.25) is 23.4 Å². The minimum absolute atomic E-state index is 0.0498. The molecule has 0 aromatic rings. The van der Waals surface area contributed by atoms with E-state index in [9.17, 15) is 49.4 Å². The van der Waals surface area contributed by atoms with E-state index in [1.807, 2.05) is 12.2 Å². The number of allylic oxidation sites excluding steroid dienone is 10. The number of rotatable bonds is 37. The molecular formula is C47H79O14P. The first kappa shape index (κ1) is 57.2. The van der Waals surface area contributed by atoms with Gasteiger partial charge in [0, 0.05) is 19.3 Å². The number of ketones is 1. The molecule has 14 nitrogen and oxygen atoms in total. The Bertz CT molecular complexity index is 1380. The van der Waals surface area contributed by atoms with Crippen LogP contribution >= 0.6 is 7.82 Å². The van der Waals surface area contributed by atoms with Gasteiger partial charge in [0.25, 0.3) is 0 Å². The molecule has 0 aromatic carbocycles. The van der Waals surface area contributed by atoms with E-state index in [1.165, 1.54) is 63.9 Å². The van der Waals surface area contributed by atoms with Crippen molar-refractivity contribution in [2.24, 2.45) is 0 Å². The Balaban J connectivity index is 2.57. The lowest BCUT2D eigenvalue weighted by atomic mass is 9.85. The summed E-state index contributed by atoms with van der Waals surface area (Å²) in [5.41, 5.74) is 0. The van der Waals surface area contributed by atoms with Gasteiger partial charge in [-0.25, -0.2) is 4.57 Å². The van der Waals surface area contributed by atoms with Crippen molar-refractivity contribution in [2.45, 2.75) is 204 Å². The predicted molar refractivity (Wildman–Crippen MR) is 240 cm³/mol. The number of hydrogen-bond acceptors (Lipinski definition) is 13. The molecule has 0 aromatic heterocycles. The van der Waals surface area contributed by atoms with Crippen LogP contribution in [0.1, 0.15) is 162 Å². The molecule has 1 aliphatic rings. The van der Waals surface area contributed by atoms with Crippen LogP contribution in [0.2, 0.25) is 0 Å². The van der Waals surface area contributed by atoms with Crippen LogP contribution in [0.3, 0.4) is 0 Å². The number of hydrogen-bond donors (Lipinski definition) is 6. The fourth-order valence-corrected chi connectivity index (χ4v) is 7.50. The molecule has 0 saturated heterocycles. The summed E-state index contributed by atoms with van der Waals surface area (Å²) in [6.45, 7) is 3.04. The SMILES string of the molecule is CCCCC/C=C\C/C=C\C/C=C\C=C\C(=O)CCCC(=O)O[C@H](COC(=O)CCCCCCC/C=C\CCCCCCCC)COP(=O)(O)OC1[C@H](O)[C@H](O)C(O)[C@H](O)[C@H]1O. The van der Waals surface area contributed by atoms with Crippen molar-refractivity contribution in [3.05, 3.63) is 60.8 Å².